The van der Waals surface area contributed by atoms with Crippen LogP contribution >= 0.6 is 0 Å². The molecule has 0 aliphatic carbocycles. The predicted molar refractivity (Wildman–Crippen MR) is 83.5 cm³/mol. The van der Waals surface area contributed by atoms with Crippen LogP contribution in [0.3, 0.4) is 0 Å². The third kappa shape index (κ3) is 2.91. The van der Waals surface area contributed by atoms with Gasteiger partial charge in [-0.25, -0.2) is 5.48 Å². The van der Waals surface area contributed by atoms with Crippen LogP contribution in [0.5, 0.6) is 5.75 Å². The van der Waals surface area contributed by atoms with E-state index >= 15 is 0 Å². The van der Waals surface area contributed by atoms with Crippen LogP contribution in [-0.4, -0.2) is 23.6 Å². The minimum atomic E-state index is -0.678. The number of hydrogen-bond donors (Lipinski definition) is 2. The van der Waals surface area contributed by atoms with E-state index < -0.39 is 5.91 Å². The molecule has 7 nitrogen and oxygen atoms in total. The van der Waals surface area contributed by atoms with Gasteiger partial charge in [0, 0.05) is 5.56 Å². The van der Waals surface area contributed by atoms with Crippen LogP contribution in [0.4, 0.5) is 5.69 Å². The highest BCUT2D eigenvalue weighted by Crippen LogP contribution is 2.34. The number of rotatable bonds is 3. The molecule has 0 saturated carbocycles. The van der Waals surface area contributed by atoms with E-state index in [1.807, 2.05) is 6.07 Å². The first-order chi connectivity index (χ1) is 11.6. The molecule has 0 atom stereocenters. The molecule has 2 N–H and O–H groups in total. The zero-order valence-electron chi connectivity index (χ0n) is 12.5. The van der Waals surface area contributed by atoms with Gasteiger partial charge >= 0.3 is 0 Å². The number of fused-ring (bicyclic) bond motifs is 1. The molecule has 1 aliphatic rings. The van der Waals surface area contributed by atoms with Gasteiger partial charge in [-0.3, -0.25) is 14.8 Å². The lowest BCUT2D eigenvalue weighted by atomic mass is 10.1. The number of benzene rings is 2. The summed E-state index contributed by atoms with van der Waals surface area (Å²) >= 11 is 0. The van der Waals surface area contributed by atoms with Crippen LogP contribution in [0.1, 0.15) is 21.5 Å². The summed E-state index contributed by atoms with van der Waals surface area (Å²) in [5.41, 5.74) is 3.48. The molecule has 0 fully saturated rings. The standard InChI is InChI=1S/C17H13N3O4/c18-8-11-2-1-3-12(6-11)9-20-14-7-13(17(22)19-23)4-5-15(14)24-10-16(20)21/h1-7,23H,9-10H2,(H,19,22). The Morgan fingerprint density at radius 1 is 1.33 bits per heavy atom. The molecule has 0 aromatic heterocycles. The van der Waals surface area contributed by atoms with E-state index in [9.17, 15) is 9.59 Å². The number of nitriles is 1. The van der Waals surface area contributed by atoms with Gasteiger partial charge in [0.1, 0.15) is 5.75 Å². The molecular weight excluding hydrogens is 310 g/mol. The van der Waals surface area contributed by atoms with Crippen LogP contribution in [0.15, 0.2) is 42.5 Å². The summed E-state index contributed by atoms with van der Waals surface area (Å²) in [5.74, 6) is -0.464. The van der Waals surface area contributed by atoms with Gasteiger partial charge in [0.05, 0.1) is 23.9 Å². The lowest BCUT2D eigenvalue weighted by Crippen LogP contribution is -2.38. The van der Waals surface area contributed by atoms with E-state index in [0.29, 0.717) is 17.0 Å². The highest BCUT2D eigenvalue weighted by atomic mass is 16.5. The smallest absolute Gasteiger partial charge is 0.274 e. The van der Waals surface area contributed by atoms with Crippen LogP contribution in [0.25, 0.3) is 0 Å². The monoisotopic (exact) mass is 323 g/mol. The molecule has 1 heterocycles. The number of carbonyl (C=O) groups is 2. The molecule has 0 spiro atoms. The van der Waals surface area contributed by atoms with Crippen molar-refractivity contribution in [3.05, 3.63) is 59.2 Å². The highest BCUT2D eigenvalue weighted by Gasteiger charge is 2.26. The number of nitrogens with one attached hydrogen (secondary N) is 1. The Hall–Kier alpha value is -3.37. The number of carbonyl (C=O) groups excluding carboxylic acids is 2. The van der Waals surface area contributed by atoms with Gasteiger partial charge < -0.3 is 9.64 Å². The van der Waals surface area contributed by atoms with Crippen molar-refractivity contribution in [3.63, 3.8) is 0 Å². The fourth-order valence-corrected chi connectivity index (χ4v) is 2.50. The van der Waals surface area contributed by atoms with E-state index in [0.717, 1.165) is 5.56 Å². The van der Waals surface area contributed by atoms with Gasteiger partial charge in [0.2, 0.25) is 0 Å². The molecule has 2 amide bonds. The lowest BCUT2D eigenvalue weighted by Gasteiger charge is -2.29. The molecule has 24 heavy (non-hydrogen) atoms. The average molecular weight is 323 g/mol. The number of amides is 2. The molecule has 2 aromatic rings. The van der Waals surface area contributed by atoms with Crippen LogP contribution in [0.2, 0.25) is 0 Å². The normalized spacial score (nSPS) is 12.8. The van der Waals surface area contributed by atoms with Gasteiger partial charge in [-0.15, -0.1) is 0 Å². The maximum Gasteiger partial charge on any atom is 0.274 e. The number of hydrogen-bond acceptors (Lipinski definition) is 5. The lowest BCUT2D eigenvalue weighted by molar-refractivity contribution is -0.121. The molecule has 3 rings (SSSR count). The molecule has 120 valence electrons. The van der Waals surface area contributed by atoms with Crippen molar-refractivity contribution >= 4 is 17.5 Å². The third-order valence-corrected chi connectivity index (χ3v) is 3.66. The Labute approximate surface area is 137 Å². The van der Waals surface area contributed by atoms with Crippen molar-refractivity contribution in [2.45, 2.75) is 6.54 Å². The van der Waals surface area contributed by atoms with Crippen LogP contribution < -0.4 is 15.1 Å². The quantitative estimate of drug-likeness (QED) is 0.660. The summed E-state index contributed by atoms with van der Waals surface area (Å²) in [6.45, 7) is 0.144. The van der Waals surface area contributed by atoms with E-state index in [-0.39, 0.29) is 24.6 Å². The second-order valence-electron chi connectivity index (χ2n) is 5.20. The van der Waals surface area contributed by atoms with E-state index in [2.05, 4.69) is 6.07 Å². The van der Waals surface area contributed by atoms with E-state index in [1.54, 1.807) is 29.7 Å². The largest absolute Gasteiger partial charge is 0.482 e. The minimum absolute atomic E-state index is 0.101. The molecule has 7 heteroatoms. The Morgan fingerprint density at radius 2 is 2.17 bits per heavy atom. The van der Waals surface area contributed by atoms with Gasteiger partial charge in [0.15, 0.2) is 6.61 Å². The number of hydroxylamine groups is 1. The average Bonchev–Trinajstić information content (AvgIpc) is 2.63. The van der Waals surface area contributed by atoms with Crippen molar-refractivity contribution in [2.75, 3.05) is 11.5 Å². The fourth-order valence-electron chi connectivity index (χ4n) is 2.50. The maximum absolute atomic E-state index is 12.3. The molecule has 1 aliphatic heterocycles. The summed E-state index contributed by atoms with van der Waals surface area (Å²) in [5, 5.41) is 17.7. The van der Waals surface area contributed by atoms with E-state index in [1.165, 1.54) is 17.0 Å². The minimum Gasteiger partial charge on any atom is -0.482 e. The molecule has 0 bridgehead atoms. The van der Waals surface area contributed by atoms with Crippen LogP contribution in [0, 0.1) is 11.3 Å². The first-order valence-corrected chi connectivity index (χ1v) is 7.13. The summed E-state index contributed by atoms with van der Waals surface area (Å²) in [6.07, 6.45) is 0. The van der Waals surface area contributed by atoms with Crippen molar-refractivity contribution in [1.29, 1.82) is 5.26 Å². The van der Waals surface area contributed by atoms with Gasteiger partial charge in [-0.05, 0) is 35.9 Å². The first kappa shape index (κ1) is 15.5. The number of nitrogens with zero attached hydrogens (tertiary/aromatic N) is 2. The Bertz CT molecular complexity index is 857. The summed E-state index contributed by atoms with van der Waals surface area (Å²) in [4.78, 5) is 25.3. The first-order valence-electron chi connectivity index (χ1n) is 7.13. The predicted octanol–water partition coefficient (Wildman–Crippen LogP) is 1.60. The molecule has 0 saturated heterocycles. The summed E-state index contributed by atoms with van der Waals surface area (Å²) in [7, 11) is 0. The zero-order chi connectivity index (χ0) is 17.1. The van der Waals surface area contributed by atoms with Gasteiger partial charge in [-0.2, -0.15) is 5.26 Å². The van der Waals surface area contributed by atoms with Crippen LogP contribution in [-0.2, 0) is 11.3 Å². The summed E-state index contributed by atoms with van der Waals surface area (Å²) in [6, 6.07) is 13.5. The molecule has 2 aromatic carbocycles. The van der Waals surface area contributed by atoms with Gasteiger partial charge in [-0.1, -0.05) is 12.1 Å². The Morgan fingerprint density at radius 3 is 2.92 bits per heavy atom. The molecule has 0 radical (unpaired) electrons. The Balaban J connectivity index is 1.98. The summed E-state index contributed by atoms with van der Waals surface area (Å²) < 4.78 is 5.38. The maximum atomic E-state index is 12.3. The fraction of sp³-hybridized carbons (Fsp3) is 0.118. The van der Waals surface area contributed by atoms with Crippen molar-refractivity contribution in [3.8, 4) is 11.8 Å². The second-order valence-corrected chi connectivity index (χ2v) is 5.20. The second kappa shape index (κ2) is 6.40. The molecular formula is C17H13N3O4. The third-order valence-electron chi connectivity index (χ3n) is 3.66. The topological polar surface area (TPSA) is 103 Å². The number of ether oxygens (including phenoxy) is 1. The SMILES string of the molecule is N#Cc1cccc(CN2C(=O)COc3ccc(C(=O)NO)cc32)c1. The van der Waals surface area contributed by atoms with Crippen molar-refractivity contribution < 1.29 is 19.5 Å². The number of anilines is 1. The van der Waals surface area contributed by atoms with Crippen molar-refractivity contribution in [2.24, 2.45) is 0 Å². The Kier molecular flexibility index (Phi) is 4.14. The highest BCUT2D eigenvalue weighted by molar-refractivity contribution is 6.01. The van der Waals surface area contributed by atoms with E-state index in [4.69, 9.17) is 15.2 Å². The van der Waals surface area contributed by atoms with Crippen molar-refractivity contribution in [1.82, 2.24) is 5.48 Å². The van der Waals surface area contributed by atoms with Gasteiger partial charge in [0.25, 0.3) is 11.8 Å². The molecule has 0 unspecified atom stereocenters. The zero-order valence-corrected chi connectivity index (χ0v) is 12.5.